The predicted molar refractivity (Wildman–Crippen MR) is 64.1 cm³/mol. The summed E-state index contributed by atoms with van der Waals surface area (Å²) >= 11 is 0. The normalized spacial score (nSPS) is 14.6. The standard InChI is InChI=1S/C13H20FNO/c1-4-9(2)13(15)8-16-11-5-6-12(14)10(3)7-11/h5-7,9,13H,4,8,15H2,1-3H3. The summed E-state index contributed by atoms with van der Waals surface area (Å²) in [6.07, 6.45) is 1.03. The molecule has 1 rings (SSSR count). The van der Waals surface area contributed by atoms with Crippen molar-refractivity contribution in [1.29, 1.82) is 0 Å². The predicted octanol–water partition coefficient (Wildman–Crippen LogP) is 2.89. The minimum absolute atomic E-state index is 0.0235. The molecule has 0 bridgehead atoms. The van der Waals surface area contributed by atoms with E-state index in [0.717, 1.165) is 6.42 Å². The van der Waals surface area contributed by atoms with E-state index in [1.54, 1.807) is 19.1 Å². The largest absolute Gasteiger partial charge is 0.492 e. The van der Waals surface area contributed by atoms with Crippen LogP contribution in [0.3, 0.4) is 0 Å². The number of rotatable bonds is 5. The third kappa shape index (κ3) is 3.49. The first kappa shape index (κ1) is 13.0. The molecule has 1 aromatic carbocycles. The van der Waals surface area contributed by atoms with Crippen LogP contribution in [0.25, 0.3) is 0 Å². The molecule has 0 heterocycles. The van der Waals surface area contributed by atoms with Crippen LogP contribution in [0.15, 0.2) is 18.2 Å². The van der Waals surface area contributed by atoms with Gasteiger partial charge in [0.2, 0.25) is 0 Å². The topological polar surface area (TPSA) is 35.2 Å². The summed E-state index contributed by atoms with van der Waals surface area (Å²) in [4.78, 5) is 0. The Morgan fingerprint density at radius 1 is 1.44 bits per heavy atom. The molecule has 0 aromatic heterocycles. The quantitative estimate of drug-likeness (QED) is 0.836. The van der Waals surface area contributed by atoms with Gasteiger partial charge < -0.3 is 10.5 Å². The fraction of sp³-hybridized carbons (Fsp3) is 0.538. The Kier molecular flexibility index (Phi) is 4.74. The zero-order valence-electron chi connectivity index (χ0n) is 10.2. The van der Waals surface area contributed by atoms with Gasteiger partial charge in [0.25, 0.3) is 0 Å². The van der Waals surface area contributed by atoms with E-state index in [1.807, 2.05) is 0 Å². The number of halogens is 1. The Hall–Kier alpha value is -1.09. The molecule has 2 atom stereocenters. The summed E-state index contributed by atoms with van der Waals surface area (Å²) in [6, 6.07) is 4.76. The fourth-order valence-corrected chi connectivity index (χ4v) is 1.37. The van der Waals surface area contributed by atoms with Crippen LogP contribution in [0, 0.1) is 18.7 Å². The van der Waals surface area contributed by atoms with Gasteiger partial charge in [-0.1, -0.05) is 20.3 Å². The Bertz CT molecular complexity index is 341. The van der Waals surface area contributed by atoms with Crippen LogP contribution in [0.4, 0.5) is 4.39 Å². The maximum Gasteiger partial charge on any atom is 0.126 e. The molecule has 0 radical (unpaired) electrons. The van der Waals surface area contributed by atoms with Gasteiger partial charge in [0.15, 0.2) is 0 Å². The molecule has 2 unspecified atom stereocenters. The highest BCUT2D eigenvalue weighted by atomic mass is 19.1. The highest BCUT2D eigenvalue weighted by Gasteiger charge is 2.11. The molecular weight excluding hydrogens is 205 g/mol. The van der Waals surface area contributed by atoms with Gasteiger partial charge in [-0.05, 0) is 36.6 Å². The zero-order chi connectivity index (χ0) is 12.1. The molecule has 90 valence electrons. The molecule has 0 aliphatic heterocycles. The lowest BCUT2D eigenvalue weighted by atomic mass is 10.0. The third-order valence-electron chi connectivity index (χ3n) is 2.95. The molecule has 0 saturated heterocycles. The minimum atomic E-state index is -0.210. The lowest BCUT2D eigenvalue weighted by Crippen LogP contribution is -2.34. The minimum Gasteiger partial charge on any atom is -0.492 e. The van der Waals surface area contributed by atoms with Crippen molar-refractivity contribution in [2.75, 3.05) is 6.61 Å². The summed E-state index contributed by atoms with van der Waals surface area (Å²) in [5.74, 6) is 0.901. The van der Waals surface area contributed by atoms with Crippen LogP contribution in [0.5, 0.6) is 5.75 Å². The number of hydrogen-bond acceptors (Lipinski definition) is 2. The van der Waals surface area contributed by atoms with Crippen molar-refractivity contribution in [2.24, 2.45) is 11.7 Å². The number of aryl methyl sites for hydroxylation is 1. The second-order valence-electron chi connectivity index (χ2n) is 4.27. The molecule has 0 fully saturated rings. The van der Waals surface area contributed by atoms with E-state index in [4.69, 9.17) is 10.5 Å². The van der Waals surface area contributed by atoms with Gasteiger partial charge in [-0.25, -0.2) is 4.39 Å². The van der Waals surface area contributed by atoms with Gasteiger partial charge in [0, 0.05) is 6.04 Å². The lowest BCUT2D eigenvalue weighted by Gasteiger charge is -2.18. The second kappa shape index (κ2) is 5.85. The smallest absolute Gasteiger partial charge is 0.126 e. The molecule has 0 spiro atoms. The SMILES string of the molecule is CCC(C)C(N)COc1ccc(F)c(C)c1. The molecular formula is C13H20FNO. The van der Waals surface area contributed by atoms with E-state index >= 15 is 0 Å². The molecule has 0 saturated carbocycles. The summed E-state index contributed by atoms with van der Waals surface area (Å²) in [7, 11) is 0. The Morgan fingerprint density at radius 3 is 2.69 bits per heavy atom. The first-order valence-electron chi connectivity index (χ1n) is 5.69. The molecule has 2 nitrogen and oxygen atoms in total. The van der Waals surface area contributed by atoms with Crippen LogP contribution in [0.1, 0.15) is 25.8 Å². The highest BCUT2D eigenvalue weighted by Crippen LogP contribution is 2.16. The Labute approximate surface area is 96.6 Å². The second-order valence-corrected chi connectivity index (χ2v) is 4.27. The molecule has 1 aromatic rings. The number of benzene rings is 1. The summed E-state index contributed by atoms with van der Waals surface area (Å²) < 4.78 is 18.5. The average molecular weight is 225 g/mol. The zero-order valence-corrected chi connectivity index (χ0v) is 10.2. The maximum absolute atomic E-state index is 13.0. The lowest BCUT2D eigenvalue weighted by molar-refractivity contribution is 0.250. The van der Waals surface area contributed by atoms with Gasteiger partial charge in [0.05, 0.1) is 0 Å². The van der Waals surface area contributed by atoms with Crippen LogP contribution in [-0.4, -0.2) is 12.6 Å². The van der Waals surface area contributed by atoms with Crippen molar-refractivity contribution in [1.82, 2.24) is 0 Å². The van der Waals surface area contributed by atoms with Crippen molar-refractivity contribution >= 4 is 0 Å². The van der Waals surface area contributed by atoms with Crippen LogP contribution in [-0.2, 0) is 0 Å². The van der Waals surface area contributed by atoms with Crippen molar-refractivity contribution in [2.45, 2.75) is 33.2 Å². The fourth-order valence-electron chi connectivity index (χ4n) is 1.37. The Morgan fingerprint density at radius 2 is 2.12 bits per heavy atom. The van der Waals surface area contributed by atoms with Crippen molar-refractivity contribution in [3.05, 3.63) is 29.6 Å². The first-order chi connectivity index (χ1) is 7.54. The maximum atomic E-state index is 13.0. The van der Waals surface area contributed by atoms with Crippen molar-refractivity contribution in [3.63, 3.8) is 0 Å². The highest BCUT2D eigenvalue weighted by molar-refractivity contribution is 5.28. The third-order valence-corrected chi connectivity index (χ3v) is 2.95. The molecule has 0 aliphatic carbocycles. The average Bonchev–Trinajstić information content (AvgIpc) is 2.29. The van der Waals surface area contributed by atoms with Crippen molar-refractivity contribution in [3.8, 4) is 5.75 Å². The van der Waals surface area contributed by atoms with Crippen LogP contribution < -0.4 is 10.5 Å². The van der Waals surface area contributed by atoms with E-state index in [9.17, 15) is 4.39 Å². The summed E-state index contributed by atoms with van der Waals surface area (Å²) in [5, 5.41) is 0. The van der Waals surface area contributed by atoms with Crippen LogP contribution >= 0.6 is 0 Å². The van der Waals surface area contributed by atoms with Gasteiger partial charge in [0.1, 0.15) is 18.2 Å². The summed E-state index contributed by atoms with van der Waals surface area (Å²) in [5.41, 5.74) is 6.54. The van der Waals surface area contributed by atoms with Gasteiger partial charge in [-0.2, -0.15) is 0 Å². The first-order valence-corrected chi connectivity index (χ1v) is 5.69. The van der Waals surface area contributed by atoms with E-state index in [2.05, 4.69) is 13.8 Å². The molecule has 16 heavy (non-hydrogen) atoms. The number of nitrogens with two attached hydrogens (primary N) is 1. The van der Waals surface area contributed by atoms with E-state index < -0.39 is 0 Å². The van der Waals surface area contributed by atoms with Crippen LogP contribution in [0.2, 0.25) is 0 Å². The van der Waals surface area contributed by atoms with E-state index in [-0.39, 0.29) is 11.9 Å². The molecule has 0 aliphatic rings. The molecule has 3 heteroatoms. The van der Waals surface area contributed by atoms with Gasteiger partial charge in [-0.3, -0.25) is 0 Å². The Balaban J connectivity index is 2.51. The van der Waals surface area contributed by atoms with Crippen molar-refractivity contribution < 1.29 is 9.13 Å². The van der Waals surface area contributed by atoms with E-state index in [0.29, 0.717) is 23.8 Å². The monoisotopic (exact) mass is 225 g/mol. The molecule has 0 amide bonds. The number of ether oxygens (including phenoxy) is 1. The summed E-state index contributed by atoms with van der Waals surface area (Å²) in [6.45, 7) is 6.40. The van der Waals surface area contributed by atoms with Gasteiger partial charge in [-0.15, -0.1) is 0 Å². The number of hydrogen-bond donors (Lipinski definition) is 1. The van der Waals surface area contributed by atoms with Gasteiger partial charge >= 0.3 is 0 Å². The van der Waals surface area contributed by atoms with E-state index in [1.165, 1.54) is 6.07 Å². The molecule has 2 N–H and O–H groups in total.